The van der Waals surface area contributed by atoms with Crippen LogP contribution in [0.25, 0.3) is 10.2 Å². The Morgan fingerprint density at radius 3 is 2.44 bits per heavy atom. The number of hydrogen-bond donors (Lipinski definition) is 2. The summed E-state index contributed by atoms with van der Waals surface area (Å²) in [5, 5.41) is 0.186. The van der Waals surface area contributed by atoms with Gasteiger partial charge in [-0.15, -0.1) is 0 Å². The summed E-state index contributed by atoms with van der Waals surface area (Å²) in [6.07, 6.45) is 0.994. The van der Waals surface area contributed by atoms with Crippen molar-refractivity contribution in [3.63, 3.8) is 0 Å². The van der Waals surface area contributed by atoms with Crippen molar-refractivity contribution >= 4 is 42.6 Å². The Kier molecular flexibility index (Phi) is 6.15. The number of rotatable bonds is 5. The molecular weight excluding hydrogens is 458 g/mol. The van der Waals surface area contributed by atoms with Gasteiger partial charge >= 0.3 is 0 Å². The number of halogens is 2. The third kappa shape index (κ3) is 4.59. The van der Waals surface area contributed by atoms with Crippen molar-refractivity contribution in [1.29, 1.82) is 0 Å². The smallest absolute Gasteiger partial charge is 0.269 e. The molecule has 0 aliphatic carbocycles. The molecule has 1 fully saturated rings. The van der Waals surface area contributed by atoms with Crippen LogP contribution in [0.1, 0.15) is 30.6 Å². The van der Waals surface area contributed by atoms with Crippen LogP contribution in [0, 0.1) is 23.5 Å². The van der Waals surface area contributed by atoms with E-state index in [1.807, 2.05) is 13.8 Å². The Morgan fingerprint density at radius 1 is 1.12 bits per heavy atom. The molecule has 2 heterocycles. The molecule has 3 aromatic rings. The monoisotopic (exact) mass is 480 g/mol. The molecule has 2 N–H and O–H groups in total. The minimum atomic E-state index is -3.64. The Morgan fingerprint density at radius 2 is 1.78 bits per heavy atom. The number of piperidine rings is 1. The van der Waals surface area contributed by atoms with Gasteiger partial charge in [0, 0.05) is 24.7 Å². The van der Waals surface area contributed by atoms with E-state index in [-0.39, 0.29) is 32.9 Å². The van der Waals surface area contributed by atoms with Gasteiger partial charge in [0.25, 0.3) is 5.91 Å². The van der Waals surface area contributed by atoms with E-state index in [1.165, 1.54) is 28.6 Å². The van der Waals surface area contributed by atoms with Gasteiger partial charge in [-0.1, -0.05) is 25.2 Å². The zero-order valence-corrected chi connectivity index (χ0v) is 19.1. The first-order chi connectivity index (χ1) is 15.1. The molecule has 1 aromatic heterocycles. The maximum atomic E-state index is 13.8. The lowest BCUT2D eigenvalue weighted by Gasteiger charge is -2.34. The van der Waals surface area contributed by atoms with E-state index in [0.29, 0.717) is 17.8 Å². The molecule has 0 spiro atoms. The average Bonchev–Trinajstić information content (AvgIpc) is 3.14. The Bertz CT molecular complexity index is 1250. The topological polar surface area (TPSA) is 91.4 Å². The van der Waals surface area contributed by atoms with Gasteiger partial charge < -0.3 is 0 Å². The third-order valence-corrected chi connectivity index (χ3v) is 8.05. The summed E-state index contributed by atoms with van der Waals surface area (Å²) < 4.78 is 54.8. The summed E-state index contributed by atoms with van der Waals surface area (Å²) >= 11 is 0.983. The highest BCUT2D eigenvalue weighted by atomic mass is 32.2. The molecule has 7 nitrogen and oxygen atoms in total. The van der Waals surface area contributed by atoms with Crippen LogP contribution in [-0.4, -0.2) is 36.7 Å². The van der Waals surface area contributed by atoms with Gasteiger partial charge in [0.15, 0.2) is 5.82 Å². The molecule has 2 aromatic carbocycles. The summed E-state index contributed by atoms with van der Waals surface area (Å²) in [5.74, 6) is -1.45. The number of carbonyl (C=O) groups is 1. The molecule has 1 aliphatic heterocycles. The van der Waals surface area contributed by atoms with E-state index < -0.39 is 27.6 Å². The SMILES string of the molecule is C[C@@H]1C[C@H](C)CN(S(=O)(=O)c2ccc(C(=O)NNc3nc4c(F)cc(F)cc4s3)cc2)C1. The molecule has 0 bridgehead atoms. The summed E-state index contributed by atoms with van der Waals surface area (Å²) in [6.45, 7) is 5.03. The fourth-order valence-corrected chi connectivity index (χ4v) is 6.46. The van der Waals surface area contributed by atoms with E-state index >= 15 is 0 Å². The zero-order chi connectivity index (χ0) is 23.0. The molecule has 11 heteroatoms. The number of hydrazine groups is 1. The van der Waals surface area contributed by atoms with E-state index in [2.05, 4.69) is 15.8 Å². The summed E-state index contributed by atoms with van der Waals surface area (Å²) in [6, 6.07) is 7.56. The number of thiazole rings is 1. The van der Waals surface area contributed by atoms with Crippen LogP contribution in [0.3, 0.4) is 0 Å². The van der Waals surface area contributed by atoms with Crippen LogP contribution in [0.2, 0.25) is 0 Å². The van der Waals surface area contributed by atoms with Crippen LogP contribution < -0.4 is 10.9 Å². The second-order valence-electron chi connectivity index (χ2n) is 8.12. The second kappa shape index (κ2) is 8.72. The number of nitrogens with zero attached hydrogens (tertiary/aromatic N) is 2. The van der Waals surface area contributed by atoms with Gasteiger partial charge in [-0.05, 0) is 48.6 Å². The summed E-state index contributed by atoms with van der Waals surface area (Å²) in [7, 11) is -3.64. The van der Waals surface area contributed by atoms with E-state index in [4.69, 9.17) is 0 Å². The molecule has 4 rings (SSSR count). The molecule has 170 valence electrons. The van der Waals surface area contributed by atoms with Gasteiger partial charge in [0.1, 0.15) is 11.3 Å². The zero-order valence-electron chi connectivity index (χ0n) is 17.4. The fraction of sp³-hybridized carbons (Fsp3) is 0.333. The lowest BCUT2D eigenvalue weighted by Crippen LogP contribution is -2.42. The van der Waals surface area contributed by atoms with E-state index in [9.17, 15) is 22.0 Å². The minimum absolute atomic E-state index is 0.00376. The summed E-state index contributed by atoms with van der Waals surface area (Å²) in [4.78, 5) is 16.5. The lowest BCUT2D eigenvalue weighted by atomic mass is 9.94. The van der Waals surface area contributed by atoms with Crippen molar-refractivity contribution in [3.05, 3.63) is 53.6 Å². The van der Waals surface area contributed by atoms with Crippen LogP contribution >= 0.6 is 11.3 Å². The first kappa shape index (κ1) is 22.6. The fourth-order valence-electron chi connectivity index (χ4n) is 3.92. The number of anilines is 1. The molecule has 0 saturated carbocycles. The van der Waals surface area contributed by atoms with Crippen molar-refractivity contribution in [2.75, 3.05) is 18.5 Å². The van der Waals surface area contributed by atoms with Crippen LogP contribution in [0.15, 0.2) is 41.3 Å². The van der Waals surface area contributed by atoms with Gasteiger partial charge in [-0.25, -0.2) is 22.2 Å². The molecule has 2 atom stereocenters. The molecule has 1 aliphatic rings. The minimum Gasteiger partial charge on any atom is -0.273 e. The van der Waals surface area contributed by atoms with Gasteiger partial charge in [-0.2, -0.15) is 4.31 Å². The van der Waals surface area contributed by atoms with E-state index in [1.54, 1.807) is 0 Å². The second-order valence-corrected chi connectivity index (χ2v) is 11.1. The number of amides is 1. The maximum Gasteiger partial charge on any atom is 0.269 e. The highest BCUT2D eigenvalue weighted by Crippen LogP contribution is 2.29. The quantitative estimate of drug-likeness (QED) is 0.539. The molecule has 0 unspecified atom stereocenters. The van der Waals surface area contributed by atoms with Gasteiger partial charge in [0.05, 0.1) is 9.60 Å². The van der Waals surface area contributed by atoms with E-state index in [0.717, 1.165) is 29.9 Å². The van der Waals surface area contributed by atoms with Crippen molar-refractivity contribution < 1.29 is 22.0 Å². The number of sulfonamides is 1. The first-order valence-corrected chi connectivity index (χ1v) is 12.3. The Labute approximate surface area is 188 Å². The molecule has 32 heavy (non-hydrogen) atoms. The molecule has 1 saturated heterocycles. The standard InChI is InChI=1S/C21H22F2N4O3S2/c1-12-7-13(2)11-27(10-12)32(29,30)16-5-3-14(4-6-16)20(28)25-26-21-24-19-17(23)8-15(22)9-18(19)31-21/h3-6,8-9,12-13H,7,10-11H2,1-2H3,(H,24,26)(H,25,28)/t12-,13+. The van der Waals surface area contributed by atoms with Crippen LogP contribution in [0.4, 0.5) is 13.9 Å². The summed E-state index contributed by atoms with van der Waals surface area (Å²) in [5.41, 5.74) is 5.24. The van der Waals surface area contributed by atoms with Crippen molar-refractivity contribution in [2.45, 2.75) is 25.2 Å². The number of aromatic nitrogens is 1. The third-order valence-electron chi connectivity index (χ3n) is 5.29. The Balaban J connectivity index is 1.44. The van der Waals surface area contributed by atoms with Crippen molar-refractivity contribution in [1.82, 2.24) is 14.7 Å². The normalized spacial score (nSPS) is 19.8. The van der Waals surface area contributed by atoms with Gasteiger partial charge in [-0.3, -0.25) is 15.6 Å². The average molecular weight is 481 g/mol. The first-order valence-electron chi connectivity index (χ1n) is 10.1. The number of benzene rings is 2. The number of nitrogens with one attached hydrogen (secondary N) is 2. The number of fused-ring (bicyclic) bond motifs is 1. The van der Waals surface area contributed by atoms with Crippen LogP contribution in [-0.2, 0) is 10.0 Å². The Hall–Kier alpha value is -2.63. The molecular formula is C21H22F2N4O3S2. The largest absolute Gasteiger partial charge is 0.273 e. The molecule has 0 radical (unpaired) electrons. The molecule has 1 amide bonds. The predicted molar refractivity (Wildman–Crippen MR) is 119 cm³/mol. The highest BCUT2D eigenvalue weighted by molar-refractivity contribution is 7.89. The maximum absolute atomic E-state index is 13.8. The highest BCUT2D eigenvalue weighted by Gasteiger charge is 2.31. The van der Waals surface area contributed by atoms with Crippen LogP contribution in [0.5, 0.6) is 0 Å². The van der Waals surface area contributed by atoms with Crippen molar-refractivity contribution in [3.8, 4) is 0 Å². The lowest BCUT2D eigenvalue weighted by molar-refractivity contribution is 0.0962. The predicted octanol–water partition coefficient (Wildman–Crippen LogP) is 4.00. The van der Waals surface area contributed by atoms with Crippen molar-refractivity contribution in [2.24, 2.45) is 11.8 Å². The number of carbonyl (C=O) groups excluding carboxylic acids is 1. The number of hydrogen-bond acceptors (Lipinski definition) is 6. The van der Waals surface area contributed by atoms with Gasteiger partial charge in [0.2, 0.25) is 15.2 Å².